The number of amides is 1. The van der Waals surface area contributed by atoms with Gasteiger partial charge in [0.1, 0.15) is 11.7 Å². The Morgan fingerprint density at radius 1 is 1.56 bits per heavy atom. The van der Waals surface area contributed by atoms with Crippen molar-refractivity contribution in [3.8, 4) is 5.88 Å². The van der Waals surface area contributed by atoms with Crippen LogP contribution < -0.4 is 4.74 Å². The number of halogens is 1. The molecule has 3 atom stereocenters. The lowest BCUT2D eigenvalue weighted by Gasteiger charge is -2.37. The number of aromatic nitrogens is 1. The van der Waals surface area contributed by atoms with Crippen molar-refractivity contribution in [3.05, 3.63) is 22.3 Å². The van der Waals surface area contributed by atoms with Crippen LogP contribution in [-0.2, 0) is 0 Å². The summed E-state index contributed by atoms with van der Waals surface area (Å²) in [5.41, 5.74) is 0.435. The standard InChI is InChI=1S/C18H28BrN3O3/c1-5-6-21(4)10-16-12(2)9-22(13(3)11-23)18(24)15-7-14(19)8-20-17(15)25-16/h7-8,12-13,16,23H,5-6,9-11H2,1-4H3/t12-,13-,16+/m0/s1. The van der Waals surface area contributed by atoms with Crippen LogP contribution in [0, 0.1) is 5.92 Å². The summed E-state index contributed by atoms with van der Waals surface area (Å²) in [7, 11) is 2.08. The smallest absolute Gasteiger partial charge is 0.259 e. The first-order valence-corrected chi connectivity index (χ1v) is 9.59. The van der Waals surface area contributed by atoms with E-state index < -0.39 is 0 Å². The summed E-state index contributed by atoms with van der Waals surface area (Å²) in [6.07, 6.45) is 2.64. The first-order chi connectivity index (χ1) is 11.9. The topological polar surface area (TPSA) is 65.9 Å². The fourth-order valence-electron chi connectivity index (χ4n) is 3.07. The average molecular weight is 414 g/mol. The van der Waals surface area contributed by atoms with Crippen molar-refractivity contribution in [2.24, 2.45) is 5.92 Å². The van der Waals surface area contributed by atoms with Crippen molar-refractivity contribution < 1.29 is 14.6 Å². The van der Waals surface area contributed by atoms with Crippen LogP contribution in [-0.4, -0.2) is 71.2 Å². The van der Waals surface area contributed by atoms with Crippen molar-refractivity contribution >= 4 is 21.8 Å². The molecular weight excluding hydrogens is 386 g/mol. The maximum atomic E-state index is 13.0. The van der Waals surface area contributed by atoms with E-state index in [9.17, 15) is 9.90 Å². The number of likely N-dealkylation sites (N-methyl/N-ethyl adjacent to an activating group) is 1. The third-order valence-electron chi connectivity index (χ3n) is 4.58. The Balaban J connectivity index is 2.38. The molecule has 0 fully saturated rings. The lowest BCUT2D eigenvalue weighted by Crippen LogP contribution is -2.50. The minimum absolute atomic E-state index is 0.0729. The minimum atomic E-state index is -0.256. The van der Waals surface area contributed by atoms with Gasteiger partial charge in [-0.3, -0.25) is 4.79 Å². The maximum absolute atomic E-state index is 13.0. The molecule has 6 nitrogen and oxygen atoms in total. The van der Waals surface area contributed by atoms with Gasteiger partial charge in [0.25, 0.3) is 5.91 Å². The largest absolute Gasteiger partial charge is 0.472 e. The number of pyridine rings is 1. The first kappa shape index (κ1) is 20.1. The molecule has 0 saturated carbocycles. The van der Waals surface area contributed by atoms with Gasteiger partial charge in [-0.1, -0.05) is 13.8 Å². The van der Waals surface area contributed by atoms with Crippen molar-refractivity contribution in [2.75, 3.05) is 33.3 Å². The Kier molecular flexibility index (Phi) is 7.22. The van der Waals surface area contributed by atoms with E-state index in [1.54, 1.807) is 17.2 Å². The van der Waals surface area contributed by atoms with E-state index in [1.165, 1.54) is 0 Å². The lowest BCUT2D eigenvalue weighted by molar-refractivity contribution is 0.0331. The van der Waals surface area contributed by atoms with Gasteiger partial charge in [0.2, 0.25) is 5.88 Å². The van der Waals surface area contributed by atoms with Crippen LogP contribution in [0.4, 0.5) is 0 Å². The second-order valence-electron chi connectivity index (χ2n) is 6.89. The zero-order valence-corrected chi connectivity index (χ0v) is 17.0. The van der Waals surface area contributed by atoms with Gasteiger partial charge >= 0.3 is 0 Å². The second-order valence-corrected chi connectivity index (χ2v) is 7.81. The number of aliphatic hydroxyl groups excluding tert-OH is 1. The molecule has 0 radical (unpaired) electrons. The summed E-state index contributed by atoms with van der Waals surface area (Å²) < 4.78 is 6.90. The summed E-state index contributed by atoms with van der Waals surface area (Å²) >= 11 is 3.38. The normalized spacial score (nSPS) is 22.2. The lowest BCUT2D eigenvalue weighted by atomic mass is 10.00. The summed E-state index contributed by atoms with van der Waals surface area (Å²) in [6.45, 7) is 8.31. The Labute approximate surface area is 158 Å². The Morgan fingerprint density at radius 2 is 2.28 bits per heavy atom. The minimum Gasteiger partial charge on any atom is -0.472 e. The van der Waals surface area contributed by atoms with Crippen LogP contribution in [0.2, 0.25) is 0 Å². The number of fused-ring (bicyclic) bond motifs is 1. The quantitative estimate of drug-likeness (QED) is 0.775. The number of carbonyl (C=O) groups excluding carboxylic acids is 1. The monoisotopic (exact) mass is 413 g/mol. The van der Waals surface area contributed by atoms with Crippen LogP contribution in [0.25, 0.3) is 0 Å². The molecule has 1 amide bonds. The molecule has 1 aliphatic rings. The molecule has 0 aliphatic carbocycles. The fourth-order valence-corrected chi connectivity index (χ4v) is 3.41. The molecule has 0 saturated heterocycles. The van der Waals surface area contributed by atoms with Gasteiger partial charge in [-0.05, 0) is 48.9 Å². The molecule has 1 aromatic heterocycles. The number of nitrogens with zero attached hydrogens (tertiary/aromatic N) is 3. The third kappa shape index (κ3) is 4.92. The van der Waals surface area contributed by atoms with E-state index in [-0.39, 0.29) is 30.6 Å². The molecule has 1 aromatic rings. The highest BCUT2D eigenvalue weighted by molar-refractivity contribution is 9.10. The van der Waals surface area contributed by atoms with Crippen LogP contribution >= 0.6 is 15.9 Å². The van der Waals surface area contributed by atoms with Crippen LogP contribution in [0.15, 0.2) is 16.7 Å². The van der Waals surface area contributed by atoms with Gasteiger partial charge in [-0.15, -0.1) is 0 Å². The van der Waals surface area contributed by atoms with Crippen molar-refractivity contribution in [3.63, 3.8) is 0 Å². The van der Waals surface area contributed by atoms with Gasteiger partial charge in [-0.2, -0.15) is 0 Å². The second kappa shape index (κ2) is 8.96. The van der Waals surface area contributed by atoms with Crippen LogP contribution in [0.5, 0.6) is 5.88 Å². The fraction of sp³-hybridized carbons (Fsp3) is 0.667. The molecule has 7 heteroatoms. The molecule has 1 aliphatic heterocycles. The molecule has 1 N–H and O–H groups in total. The van der Waals surface area contributed by atoms with E-state index in [0.29, 0.717) is 18.0 Å². The zero-order valence-electron chi connectivity index (χ0n) is 15.4. The Morgan fingerprint density at radius 3 is 2.92 bits per heavy atom. The molecular formula is C18H28BrN3O3. The Bertz CT molecular complexity index is 599. The van der Waals surface area contributed by atoms with Crippen LogP contribution in [0.3, 0.4) is 0 Å². The number of rotatable bonds is 6. The summed E-state index contributed by atoms with van der Waals surface area (Å²) in [5.74, 6) is 0.332. The molecule has 2 rings (SSSR count). The predicted molar refractivity (Wildman–Crippen MR) is 101 cm³/mol. The highest BCUT2D eigenvalue weighted by Gasteiger charge is 2.34. The van der Waals surface area contributed by atoms with Gasteiger partial charge < -0.3 is 19.6 Å². The molecule has 0 bridgehead atoms. The number of ether oxygens (including phenoxy) is 1. The zero-order chi connectivity index (χ0) is 18.6. The van der Waals surface area contributed by atoms with Crippen molar-refractivity contribution in [1.82, 2.24) is 14.8 Å². The van der Waals surface area contributed by atoms with Crippen molar-refractivity contribution in [2.45, 2.75) is 39.3 Å². The summed E-state index contributed by atoms with van der Waals surface area (Å²) in [4.78, 5) is 21.3. The predicted octanol–water partition coefficient (Wildman–Crippen LogP) is 2.41. The number of carbonyl (C=O) groups is 1. The van der Waals surface area contributed by atoms with Gasteiger partial charge in [0.15, 0.2) is 0 Å². The van der Waals surface area contributed by atoms with Crippen LogP contribution in [0.1, 0.15) is 37.6 Å². The van der Waals surface area contributed by atoms with Gasteiger partial charge in [0, 0.05) is 29.7 Å². The third-order valence-corrected chi connectivity index (χ3v) is 5.02. The number of aliphatic hydroxyl groups is 1. The average Bonchev–Trinajstić information content (AvgIpc) is 2.58. The SMILES string of the molecule is CCCN(C)C[C@H]1Oc2ncc(Br)cc2C(=O)N([C@@H](C)CO)C[C@@H]1C. The molecule has 0 aromatic carbocycles. The van der Waals surface area contributed by atoms with E-state index >= 15 is 0 Å². The van der Waals surface area contributed by atoms with E-state index in [4.69, 9.17) is 4.74 Å². The molecule has 25 heavy (non-hydrogen) atoms. The van der Waals surface area contributed by atoms with E-state index in [0.717, 1.165) is 24.0 Å². The number of hydrogen-bond acceptors (Lipinski definition) is 5. The first-order valence-electron chi connectivity index (χ1n) is 8.79. The molecule has 0 spiro atoms. The van der Waals surface area contributed by atoms with E-state index in [1.807, 2.05) is 6.92 Å². The van der Waals surface area contributed by atoms with Gasteiger partial charge in [0.05, 0.1) is 12.6 Å². The Hall–Kier alpha value is -1.18. The number of hydrogen-bond donors (Lipinski definition) is 1. The van der Waals surface area contributed by atoms with Crippen molar-refractivity contribution in [1.29, 1.82) is 0 Å². The van der Waals surface area contributed by atoms with Gasteiger partial charge in [-0.25, -0.2) is 4.98 Å². The summed E-state index contributed by atoms with van der Waals surface area (Å²) in [5, 5.41) is 9.58. The molecule has 140 valence electrons. The highest BCUT2D eigenvalue weighted by atomic mass is 79.9. The molecule has 2 heterocycles. The maximum Gasteiger partial charge on any atom is 0.259 e. The molecule has 0 unspecified atom stereocenters. The van der Waals surface area contributed by atoms with E-state index in [2.05, 4.69) is 46.7 Å². The summed E-state index contributed by atoms with van der Waals surface area (Å²) in [6, 6.07) is 1.48. The highest BCUT2D eigenvalue weighted by Crippen LogP contribution is 2.28.